The van der Waals surface area contributed by atoms with Crippen LogP contribution in [0, 0.1) is 0 Å². The summed E-state index contributed by atoms with van der Waals surface area (Å²) in [7, 11) is 0. The lowest BCUT2D eigenvalue weighted by Crippen LogP contribution is -2.25. The van der Waals surface area contributed by atoms with Crippen LogP contribution >= 0.6 is 0 Å². The molecular weight excluding hydrogens is 298 g/mol. The molecule has 4 nitrogen and oxygen atoms in total. The van der Waals surface area contributed by atoms with Crippen molar-refractivity contribution in [1.29, 1.82) is 0 Å². The van der Waals surface area contributed by atoms with Crippen molar-refractivity contribution in [2.75, 3.05) is 11.9 Å². The highest BCUT2D eigenvalue weighted by Gasteiger charge is 2.06. The first kappa shape index (κ1) is 15.7. The van der Waals surface area contributed by atoms with Crippen molar-refractivity contribution in [2.45, 2.75) is 6.42 Å². The Labute approximate surface area is 141 Å². The third-order valence-corrected chi connectivity index (χ3v) is 3.60. The van der Waals surface area contributed by atoms with Crippen molar-refractivity contribution in [3.8, 4) is 0 Å². The summed E-state index contributed by atoms with van der Waals surface area (Å²) in [5, 5.41) is 6.17. The van der Waals surface area contributed by atoms with Gasteiger partial charge in [0.05, 0.1) is 17.4 Å². The lowest BCUT2D eigenvalue weighted by atomic mass is 10.1. The summed E-state index contributed by atoms with van der Waals surface area (Å²) in [6, 6.07) is 21.7. The third kappa shape index (κ3) is 4.43. The molecule has 120 valence electrons. The number of nitrogens with one attached hydrogen (secondary N) is 2. The zero-order chi connectivity index (χ0) is 16.6. The topological polar surface area (TPSA) is 54.0 Å². The van der Waals surface area contributed by atoms with Crippen molar-refractivity contribution in [1.82, 2.24) is 10.3 Å². The lowest BCUT2D eigenvalue weighted by Gasteiger charge is -2.08. The number of carbonyl (C=O) groups is 1. The minimum absolute atomic E-state index is 0.116. The minimum atomic E-state index is -0.116. The number of anilines is 2. The van der Waals surface area contributed by atoms with E-state index in [9.17, 15) is 4.79 Å². The second kappa shape index (κ2) is 7.92. The summed E-state index contributed by atoms with van der Waals surface area (Å²) in [6.07, 6.45) is 4.09. The van der Waals surface area contributed by atoms with Gasteiger partial charge in [-0.25, -0.2) is 0 Å². The molecule has 0 radical (unpaired) electrons. The third-order valence-electron chi connectivity index (χ3n) is 3.60. The number of aromatic nitrogens is 1. The number of rotatable bonds is 6. The molecule has 0 saturated heterocycles. The van der Waals surface area contributed by atoms with Gasteiger partial charge in [-0.15, -0.1) is 0 Å². The van der Waals surface area contributed by atoms with Crippen molar-refractivity contribution in [3.05, 3.63) is 90.3 Å². The molecule has 0 fully saturated rings. The zero-order valence-corrected chi connectivity index (χ0v) is 13.3. The Kier molecular flexibility index (Phi) is 5.20. The molecular formula is C20H19N3O. The van der Waals surface area contributed by atoms with Gasteiger partial charge in [-0.1, -0.05) is 48.5 Å². The fraction of sp³-hybridized carbons (Fsp3) is 0.100. The normalized spacial score (nSPS) is 10.2. The van der Waals surface area contributed by atoms with Gasteiger partial charge in [0.25, 0.3) is 5.91 Å². The van der Waals surface area contributed by atoms with Gasteiger partial charge < -0.3 is 10.6 Å². The molecule has 2 N–H and O–H groups in total. The van der Waals surface area contributed by atoms with E-state index in [1.165, 1.54) is 5.56 Å². The number of nitrogens with zero attached hydrogens (tertiary/aromatic N) is 1. The molecule has 0 saturated carbocycles. The van der Waals surface area contributed by atoms with Gasteiger partial charge in [0.15, 0.2) is 0 Å². The average Bonchev–Trinajstić information content (AvgIpc) is 2.64. The number of para-hydroxylation sites is 1. The maximum absolute atomic E-state index is 12.3. The molecule has 0 bridgehead atoms. The fourth-order valence-electron chi connectivity index (χ4n) is 2.39. The molecule has 3 rings (SSSR count). The van der Waals surface area contributed by atoms with Gasteiger partial charge in [-0.2, -0.15) is 0 Å². The van der Waals surface area contributed by atoms with Crippen LogP contribution in [0.2, 0.25) is 0 Å². The average molecular weight is 317 g/mol. The molecule has 1 aromatic heterocycles. The second-order valence-electron chi connectivity index (χ2n) is 5.44. The van der Waals surface area contributed by atoms with Gasteiger partial charge >= 0.3 is 0 Å². The highest BCUT2D eigenvalue weighted by molar-refractivity contribution is 5.94. The summed E-state index contributed by atoms with van der Waals surface area (Å²) < 4.78 is 0. The quantitative estimate of drug-likeness (QED) is 0.727. The second-order valence-corrected chi connectivity index (χ2v) is 5.44. The van der Waals surface area contributed by atoms with Crippen LogP contribution in [-0.2, 0) is 6.42 Å². The molecule has 3 aromatic rings. The predicted octanol–water partition coefficient (Wildman–Crippen LogP) is 3.80. The number of benzene rings is 2. The van der Waals surface area contributed by atoms with Gasteiger partial charge in [-0.3, -0.25) is 9.78 Å². The Morgan fingerprint density at radius 3 is 2.33 bits per heavy atom. The molecule has 0 aliphatic rings. The maximum atomic E-state index is 12.3. The van der Waals surface area contributed by atoms with E-state index in [4.69, 9.17) is 0 Å². The van der Waals surface area contributed by atoms with Gasteiger partial charge in [0, 0.05) is 18.4 Å². The highest BCUT2D eigenvalue weighted by atomic mass is 16.1. The number of carbonyl (C=O) groups excluding carboxylic acids is 1. The van der Waals surface area contributed by atoms with E-state index in [0.717, 1.165) is 17.8 Å². The first-order valence-corrected chi connectivity index (χ1v) is 7.90. The largest absolute Gasteiger partial charge is 0.354 e. The van der Waals surface area contributed by atoms with Crippen LogP contribution in [0.15, 0.2) is 79.1 Å². The number of pyridine rings is 1. The van der Waals surface area contributed by atoms with Crippen LogP contribution in [0.25, 0.3) is 0 Å². The van der Waals surface area contributed by atoms with Crippen molar-refractivity contribution in [2.24, 2.45) is 0 Å². The zero-order valence-electron chi connectivity index (χ0n) is 13.3. The van der Waals surface area contributed by atoms with Gasteiger partial charge in [0.2, 0.25) is 0 Å². The SMILES string of the molecule is O=C(NCCc1ccccc1)c1cncc(Nc2ccccc2)c1. The Morgan fingerprint density at radius 1 is 0.875 bits per heavy atom. The van der Waals surface area contributed by atoms with E-state index in [0.29, 0.717) is 12.1 Å². The molecule has 24 heavy (non-hydrogen) atoms. The molecule has 0 atom stereocenters. The fourth-order valence-corrected chi connectivity index (χ4v) is 2.39. The van der Waals surface area contributed by atoms with Gasteiger partial charge in [0.1, 0.15) is 0 Å². The summed E-state index contributed by atoms with van der Waals surface area (Å²) in [5.74, 6) is -0.116. The summed E-state index contributed by atoms with van der Waals surface area (Å²) >= 11 is 0. The van der Waals surface area contributed by atoms with Crippen molar-refractivity contribution in [3.63, 3.8) is 0 Å². The van der Waals surface area contributed by atoms with E-state index >= 15 is 0 Å². The van der Waals surface area contributed by atoms with Gasteiger partial charge in [-0.05, 0) is 30.2 Å². The Hall–Kier alpha value is -3.14. The van der Waals surface area contributed by atoms with E-state index in [-0.39, 0.29) is 5.91 Å². The molecule has 0 aliphatic heterocycles. The van der Waals surface area contributed by atoms with E-state index < -0.39 is 0 Å². The molecule has 0 unspecified atom stereocenters. The lowest BCUT2D eigenvalue weighted by molar-refractivity contribution is 0.0954. The molecule has 0 aliphatic carbocycles. The molecule has 0 spiro atoms. The van der Waals surface area contributed by atoms with Crippen LogP contribution < -0.4 is 10.6 Å². The predicted molar refractivity (Wildman–Crippen MR) is 96.4 cm³/mol. The highest BCUT2D eigenvalue weighted by Crippen LogP contribution is 2.16. The monoisotopic (exact) mass is 317 g/mol. The molecule has 4 heteroatoms. The smallest absolute Gasteiger partial charge is 0.252 e. The van der Waals surface area contributed by atoms with Crippen LogP contribution in [-0.4, -0.2) is 17.4 Å². The Balaban J connectivity index is 1.58. The van der Waals surface area contributed by atoms with E-state index in [1.807, 2.05) is 48.5 Å². The molecule has 2 aromatic carbocycles. The Bertz CT molecular complexity index is 788. The summed E-state index contributed by atoms with van der Waals surface area (Å²) in [5.41, 5.74) is 3.50. The van der Waals surface area contributed by atoms with Crippen LogP contribution in [0.5, 0.6) is 0 Å². The van der Waals surface area contributed by atoms with Crippen LogP contribution in [0.3, 0.4) is 0 Å². The standard InChI is InChI=1S/C20H19N3O/c24-20(22-12-11-16-7-3-1-4-8-16)17-13-19(15-21-14-17)23-18-9-5-2-6-10-18/h1-10,13-15,23H,11-12H2,(H,22,24). The molecule has 1 amide bonds. The number of amides is 1. The minimum Gasteiger partial charge on any atom is -0.354 e. The van der Waals surface area contributed by atoms with Crippen LogP contribution in [0.4, 0.5) is 11.4 Å². The van der Waals surface area contributed by atoms with E-state index in [1.54, 1.807) is 18.5 Å². The van der Waals surface area contributed by atoms with Crippen molar-refractivity contribution >= 4 is 17.3 Å². The molecule has 1 heterocycles. The van der Waals surface area contributed by atoms with Crippen molar-refractivity contribution < 1.29 is 4.79 Å². The first-order valence-electron chi connectivity index (χ1n) is 7.90. The summed E-state index contributed by atoms with van der Waals surface area (Å²) in [6.45, 7) is 0.596. The Morgan fingerprint density at radius 2 is 1.58 bits per heavy atom. The maximum Gasteiger partial charge on any atom is 0.252 e. The summed E-state index contributed by atoms with van der Waals surface area (Å²) in [4.78, 5) is 16.4. The number of hydrogen-bond acceptors (Lipinski definition) is 3. The van der Waals surface area contributed by atoms with E-state index in [2.05, 4.69) is 27.8 Å². The first-order chi connectivity index (χ1) is 11.8. The number of hydrogen-bond donors (Lipinski definition) is 2. The van der Waals surface area contributed by atoms with Crippen LogP contribution in [0.1, 0.15) is 15.9 Å².